The number of nitrogens with zero attached hydrogens (tertiary/aromatic N) is 2. The molecule has 0 bridgehead atoms. The summed E-state index contributed by atoms with van der Waals surface area (Å²) >= 11 is 1.15. The van der Waals surface area contributed by atoms with Gasteiger partial charge in [0.05, 0.1) is 17.8 Å². The second-order valence-electron chi connectivity index (χ2n) is 3.50. The molecule has 0 atom stereocenters. The predicted octanol–water partition coefficient (Wildman–Crippen LogP) is 1.32. The number of aryl methyl sites for hydroxylation is 1. The van der Waals surface area contributed by atoms with E-state index in [2.05, 4.69) is 15.5 Å². The molecule has 0 saturated heterocycles. The van der Waals surface area contributed by atoms with E-state index in [4.69, 9.17) is 9.63 Å². The molecule has 0 unspecified atom stereocenters. The van der Waals surface area contributed by atoms with Crippen LogP contribution in [0.25, 0.3) is 0 Å². The lowest BCUT2D eigenvalue weighted by molar-refractivity contribution is -0.136. The zero-order valence-corrected chi connectivity index (χ0v) is 10.2. The average Bonchev–Trinajstić information content (AvgIpc) is 2.87. The van der Waals surface area contributed by atoms with Crippen molar-refractivity contribution in [3.63, 3.8) is 0 Å². The molecule has 0 radical (unpaired) electrons. The van der Waals surface area contributed by atoms with Gasteiger partial charge in [-0.3, -0.25) is 14.9 Å². The van der Waals surface area contributed by atoms with Gasteiger partial charge in [-0.25, -0.2) is 4.98 Å². The second kappa shape index (κ2) is 4.96. The third-order valence-electron chi connectivity index (χ3n) is 1.96. The molecule has 2 rings (SSSR count). The number of carbonyl (C=O) groups excluding carboxylic acids is 1. The summed E-state index contributed by atoms with van der Waals surface area (Å²) in [6, 6.07) is 1.50. The molecular formula is C10H9N3O4S. The largest absolute Gasteiger partial charge is 0.481 e. The van der Waals surface area contributed by atoms with Gasteiger partial charge in [0.15, 0.2) is 5.13 Å². The molecular weight excluding hydrogens is 258 g/mol. The van der Waals surface area contributed by atoms with Gasteiger partial charge in [0.1, 0.15) is 0 Å². The van der Waals surface area contributed by atoms with E-state index in [9.17, 15) is 9.59 Å². The van der Waals surface area contributed by atoms with Crippen molar-refractivity contribution in [2.45, 2.75) is 13.3 Å². The van der Waals surface area contributed by atoms with Crippen LogP contribution in [0.5, 0.6) is 0 Å². The molecule has 2 heterocycles. The van der Waals surface area contributed by atoms with Gasteiger partial charge >= 0.3 is 5.97 Å². The predicted molar refractivity (Wildman–Crippen MR) is 62.6 cm³/mol. The molecule has 94 valence electrons. The SMILES string of the molecule is Cc1cc(C(=O)Nc2nc(CC(=O)O)cs2)on1. The van der Waals surface area contributed by atoms with Crippen molar-refractivity contribution in [2.24, 2.45) is 0 Å². The van der Waals surface area contributed by atoms with Crippen LogP contribution in [0.1, 0.15) is 21.9 Å². The fraction of sp³-hybridized carbons (Fsp3) is 0.200. The number of hydrogen-bond donors (Lipinski definition) is 2. The Bertz CT molecular complexity index is 589. The van der Waals surface area contributed by atoms with Crippen LogP contribution < -0.4 is 5.32 Å². The van der Waals surface area contributed by atoms with Crippen molar-refractivity contribution in [3.05, 3.63) is 28.6 Å². The van der Waals surface area contributed by atoms with Crippen molar-refractivity contribution in [2.75, 3.05) is 5.32 Å². The maximum atomic E-state index is 11.7. The minimum absolute atomic E-state index is 0.0856. The van der Waals surface area contributed by atoms with Gasteiger partial charge in [-0.1, -0.05) is 5.16 Å². The highest BCUT2D eigenvalue weighted by molar-refractivity contribution is 7.14. The molecule has 2 aromatic rings. The number of anilines is 1. The van der Waals surface area contributed by atoms with Crippen LogP contribution in [0.4, 0.5) is 5.13 Å². The van der Waals surface area contributed by atoms with Crippen molar-refractivity contribution in [3.8, 4) is 0 Å². The van der Waals surface area contributed by atoms with E-state index in [0.29, 0.717) is 16.5 Å². The van der Waals surface area contributed by atoms with Gasteiger partial charge in [0.25, 0.3) is 5.91 Å². The average molecular weight is 267 g/mol. The van der Waals surface area contributed by atoms with E-state index >= 15 is 0 Å². The van der Waals surface area contributed by atoms with E-state index < -0.39 is 11.9 Å². The Morgan fingerprint density at radius 1 is 1.56 bits per heavy atom. The fourth-order valence-electron chi connectivity index (χ4n) is 1.23. The molecule has 2 N–H and O–H groups in total. The summed E-state index contributed by atoms with van der Waals surface area (Å²) in [4.78, 5) is 26.1. The minimum atomic E-state index is -0.968. The normalized spacial score (nSPS) is 10.3. The lowest BCUT2D eigenvalue weighted by Crippen LogP contribution is -2.11. The fourth-order valence-corrected chi connectivity index (χ4v) is 1.94. The summed E-state index contributed by atoms with van der Waals surface area (Å²) < 4.78 is 4.79. The van der Waals surface area contributed by atoms with Crippen LogP contribution in [0.2, 0.25) is 0 Å². The number of aliphatic carboxylic acids is 1. The Hall–Kier alpha value is -2.22. The third kappa shape index (κ3) is 2.92. The molecule has 0 spiro atoms. The van der Waals surface area contributed by atoms with Crippen molar-refractivity contribution >= 4 is 28.3 Å². The molecule has 0 saturated carbocycles. The van der Waals surface area contributed by atoms with Gasteiger partial charge in [-0.15, -0.1) is 11.3 Å². The standard InChI is InChI=1S/C10H9N3O4S/c1-5-2-7(17-13-5)9(16)12-10-11-6(4-18-10)3-8(14)15/h2,4H,3H2,1H3,(H,14,15)(H,11,12,16). The second-order valence-corrected chi connectivity index (χ2v) is 4.36. The first-order chi connectivity index (χ1) is 8.54. The number of aromatic nitrogens is 2. The van der Waals surface area contributed by atoms with Crippen LogP contribution >= 0.6 is 11.3 Å². The number of carboxylic acids is 1. The zero-order valence-electron chi connectivity index (χ0n) is 9.34. The first kappa shape index (κ1) is 12.2. The highest BCUT2D eigenvalue weighted by Crippen LogP contribution is 2.17. The topological polar surface area (TPSA) is 105 Å². The van der Waals surface area contributed by atoms with Crippen LogP contribution in [0, 0.1) is 6.92 Å². The highest BCUT2D eigenvalue weighted by Gasteiger charge is 2.14. The van der Waals surface area contributed by atoms with Gasteiger partial charge in [-0.2, -0.15) is 0 Å². The molecule has 0 aliphatic heterocycles. The Morgan fingerprint density at radius 3 is 2.94 bits per heavy atom. The van der Waals surface area contributed by atoms with Crippen LogP contribution in [-0.4, -0.2) is 27.1 Å². The Balaban J connectivity index is 2.03. The smallest absolute Gasteiger partial charge is 0.309 e. The number of amides is 1. The molecule has 18 heavy (non-hydrogen) atoms. The molecule has 7 nitrogen and oxygen atoms in total. The number of rotatable bonds is 4. The molecule has 2 aromatic heterocycles. The van der Waals surface area contributed by atoms with Gasteiger partial charge in [-0.05, 0) is 6.92 Å². The van der Waals surface area contributed by atoms with E-state index in [1.807, 2.05) is 0 Å². The van der Waals surface area contributed by atoms with Crippen LogP contribution in [-0.2, 0) is 11.2 Å². The van der Waals surface area contributed by atoms with E-state index in [1.165, 1.54) is 6.07 Å². The number of thiazole rings is 1. The minimum Gasteiger partial charge on any atom is -0.481 e. The summed E-state index contributed by atoms with van der Waals surface area (Å²) in [6.45, 7) is 1.70. The molecule has 0 aliphatic carbocycles. The maximum Gasteiger partial charge on any atom is 0.309 e. The van der Waals surface area contributed by atoms with E-state index in [-0.39, 0.29) is 12.2 Å². The van der Waals surface area contributed by atoms with E-state index in [1.54, 1.807) is 12.3 Å². The van der Waals surface area contributed by atoms with Crippen molar-refractivity contribution in [1.82, 2.24) is 10.1 Å². The quantitative estimate of drug-likeness (QED) is 0.865. The summed E-state index contributed by atoms with van der Waals surface area (Å²) in [5.74, 6) is -1.35. The number of carboxylic acid groups (broad SMARTS) is 1. The monoisotopic (exact) mass is 267 g/mol. The Labute approximate surface area is 105 Å². The summed E-state index contributed by atoms with van der Waals surface area (Å²) in [7, 11) is 0. The zero-order chi connectivity index (χ0) is 13.1. The molecule has 0 fully saturated rings. The number of carbonyl (C=O) groups is 2. The first-order valence-corrected chi connectivity index (χ1v) is 5.83. The molecule has 1 amide bonds. The first-order valence-electron chi connectivity index (χ1n) is 4.95. The summed E-state index contributed by atoms with van der Waals surface area (Å²) in [6.07, 6.45) is -0.173. The number of hydrogen-bond acceptors (Lipinski definition) is 6. The third-order valence-corrected chi connectivity index (χ3v) is 2.76. The molecule has 0 aliphatic rings. The maximum absolute atomic E-state index is 11.7. The highest BCUT2D eigenvalue weighted by atomic mass is 32.1. The van der Waals surface area contributed by atoms with Crippen LogP contribution in [0.3, 0.4) is 0 Å². The Kier molecular flexibility index (Phi) is 3.38. The summed E-state index contributed by atoms with van der Waals surface area (Å²) in [5.41, 5.74) is 1.00. The summed E-state index contributed by atoms with van der Waals surface area (Å²) in [5, 5.41) is 16.6. The van der Waals surface area contributed by atoms with Gasteiger partial charge in [0.2, 0.25) is 5.76 Å². The lowest BCUT2D eigenvalue weighted by Gasteiger charge is -1.95. The van der Waals surface area contributed by atoms with Gasteiger partial charge < -0.3 is 9.63 Å². The Morgan fingerprint density at radius 2 is 2.33 bits per heavy atom. The molecule has 8 heteroatoms. The lowest BCUT2D eigenvalue weighted by atomic mass is 10.3. The molecule has 0 aromatic carbocycles. The van der Waals surface area contributed by atoms with E-state index in [0.717, 1.165) is 11.3 Å². The number of nitrogens with one attached hydrogen (secondary N) is 1. The van der Waals surface area contributed by atoms with Crippen molar-refractivity contribution in [1.29, 1.82) is 0 Å². The van der Waals surface area contributed by atoms with Crippen molar-refractivity contribution < 1.29 is 19.2 Å². The van der Waals surface area contributed by atoms with Gasteiger partial charge in [0, 0.05) is 11.4 Å². The van der Waals surface area contributed by atoms with Crippen LogP contribution in [0.15, 0.2) is 16.0 Å².